The fourth-order valence-electron chi connectivity index (χ4n) is 2.37. The summed E-state index contributed by atoms with van der Waals surface area (Å²) < 4.78 is 58.5. The van der Waals surface area contributed by atoms with Gasteiger partial charge in [0.2, 0.25) is 5.89 Å². The quantitative estimate of drug-likeness (QED) is 0.360. The second-order valence-electron chi connectivity index (χ2n) is 5.87. The minimum absolute atomic E-state index is 0.0942. The Bertz CT molecular complexity index is 967. The normalized spacial score (nSPS) is 12.1. The molecule has 0 radical (unpaired) electrons. The predicted octanol–water partition coefficient (Wildman–Crippen LogP) is 4.35. The van der Waals surface area contributed by atoms with Gasteiger partial charge in [-0.1, -0.05) is 0 Å². The number of aromatic nitrogens is 1. The highest BCUT2D eigenvalue weighted by atomic mass is 19.4. The number of nitrogens with one attached hydrogen (secondary N) is 1. The maximum Gasteiger partial charge on any atom is 0.573 e. The first-order valence-electron chi connectivity index (χ1n) is 8.41. The Morgan fingerprint density at radius 2 is 1.79 bits per heavy atom. The van der Waals surface area contributed by atoms with Crippen LogP contribution in [0.3, 0.4) is 0 Å². The van der Waals surface area contributed by atoms with E-state index in [4.69, 9.17) is 10.2 Å². The van der Waals surface area contributed by atoms with Gasteiger partial charge in [0, 0.05) is 24.2 Å². The van der Waals surface area contributed by atoms with E-state index in [9.17, 15) is 17.6 Å². The van der Waals surface area contributed by atoms with Crippen LogP contribution in [0.1, 0.15) is 5.69 Å². The zero-order chi connectivity index (χ0) is 20.9. The summed E-state index contributed by atoms with van der Waals surface area (Å²) in [7, 11) is 0. The van der Waals surface area contributed by atoms with Gasteiger partial charge < -0.3 is 20.2 Å². The molecule has 0 unspecified atom stereocenters. The van der Waals surface area contributed by atoms with Gasteiger partial charge in [-0.25, -0.2) is 9.37 Å². The van der Waals surface area contributed by atoms with Crippen molar-refractivity contribution < 1.29 is 26.7 Å². The van der Waals surface area contributed by atoms with Gasteiger partial charge in [0.15, 0.2) is 5.96 Å². The summed E-state index contributed by atoms with van der Waals surface area (Å²) in [5.74, 6) is -0.213. The third-order valence-electron chi connectivity index (χ3n) is 3.65. The highest BCUT2D eigenvalue weighted by Crippen LogP contribution is 2.24. The van der Waals surface area contributed by atoms with E-state index in [0.717, 1.165) is 12.1 Å². The molecule has 6 nitrogen and oxygen atoms in total. The van der Waals surface area contributed by atoms with E-state index < -0.39 is 6.36 Å². The molecule has 0 spiro atoms. The maximum absolute atomic E-state index is 13.0. The molecule has 0 atom stereocenters. The van der Waals surface area contributed by atoms with E-state index in [-0.39, 0.29) is 17.5 Å². The Hall–Kier alpha value is -3.56. The number of anilines is 1. The van der Waals surface area contributed by atoms with Crippen LogP contribution in [0, 0.1) is 5.82 Å². The van der Waals surface area contributed by atoms with Crippen molar-refractivity contribution in [2.75, 3.05) is 11.9 Å². The summed E-state index contributed by atoms with van der Waals surface area (Å²) in [4.78, 5) is 8.44. The number of benzene rings is 2. The Kier molecular flexibility index (Phi) is 6.01. The molecule has 2 aromatic carbocycles. The average molecular weight is 408 g/mol. The topological polar surface area (TPSA) is 85.7 Å². The lowest BCUT2D eigenvalue weighted by Gasteiger charge is -2.10. The molecule has 29 heavy (non-hydrogen) atoms. The van der Waals surface area contributed by atoms with Gasteiger partial charge in [-0.05, 0) is 48.5 Å². The number of nitrogens with zero attached hydrogens (tertiary/aromatic N) is 2. The molecule has 1 aromatic heterocycles. The maximum atomic E-state index is 13.0. The first-order valence-corrected chi connectivity index (χ1v) is 8.41. The van der Waals surface area contributed by atoms with E-state index in [0.29, 0.717) is 35.8 Å². The molecule has 0 aliphatic rings. The second kappa shape index (κ2) is 8.63. The Morgan fingerprint density at radius 1 is 1.10 bits per heavy atom. The molecule has 0 aliphatic heterocycles. The number of ether oxygens (including phenoxy) is 1. The van der Waals surface area contributed by atoms with Crippen LogP contribution in [0.25, 0.3) is 11.5 Å². The molecule has 0 saturated carbocycles. The molecular formula is C19H16F4N4O2. The molecule has 0 saturated heterocycles. The molecule has 152 valence electrons. The molecule has 1 heterocycles. The van der Waals surface area contributed by atoms with E-state index in [2.05, 4.69) is 20.0 Å². The summed E-state index contributed by atoms with van der Waals surface area (Å²) in [6, 6.07) is 10.9. The van der Waals surface area contributed by atoms with Crippen LogP contribution in [-0.4, -0.2) is 23.9 Å². The van der Waals surface area contributed by atoms with E-state index in [1.165, 1.54) is 30.5 Å². The van der Waals surface area contributed by atoms with Crippen molar-refractivity contribution in [1.29, 1.82) is 0 Å². The number of rotatable bonds is 6. The number of hydrogen-bond donors (Lipinski definition) is 2. The second-order valence-corrected chi connectivity index (χ2v) is 5.87. The monoisotopic (exact) mass is 408 g/mol. The summed E-state index contributed by atoms with van der Waals surface area (Å²) in [5, 5.41) is 2.77. The molecule has 3 rings (SSSR count). The summed E-state index contributed by atoms with van der Waals surface area (Å²) in [6.45, 7) is 0.309. The molecule has 0 aliphatic carbocycles. The Labute approximate surface area is 163 Å². The van der Waals surface area contributed by atoms with Crippen molar-refractivity contribution >= 4 is 11.6 Å². The van der Waals surface area contributed by atoms with Crippen LogP contribution in [0.2, 0.25) is 0 Å². The van der Waals surface area contributed by atoms with Gasteiger partial charge >= 0.3 is 6.36 Å². The van der Waals surface area contributed by atoms with Crippen molar-refractivity contribution in [1.82, 2.24) is 4.98 Å². The predicted molar refractivity (Wildman–Crippen MR) is 98.8 cm³/mol. The number of hydrogen-bond acceptors (Lipinski definition) is 4. The van der Waals surface area contributed by atoms with Gasteiger partial charge in [0.25, 0.3) is 0 Å². The van der Waals surface area contributed by atoms with Crippen LogP contribution in [-0.2, 0) is 6.42 Å². The van der Waals surface area contributed by atoms with Gasteiger partial charge in [-0.3, -0.25) is 4.99 Å². The average Bonchev–Trinajstić information content (AvgIpc) is 3.12. The zero-order valence-corrected chi connectivity index (χ0v) is 14.9. The number of halogens is 4. The van der Waals surface area contributed by atoms with Gasteiger partial charge in [0.05, 0.1) is 5.69 Å². The molecule has 10 heteroatoms. The molecule has 3 N–H and O–H groups in total. The lowest BCUT2D eigenvalue weighted by Crippen LogP contribution is -2.23. The highest BCUT2D eigenvalue weighted by Gasteiger charge is 2.30. The number of guanidine groups is 1. The minimum Gasteiger partial charge on any atom is -0.444 e. The number of aliphatic imine (C=N–C) groups is 1. The van der Waals surface area contributed by atoms with Crippen LogP contribution < -0.4 is 15.8 Å². The largest absolute Gasteiger partial charge is 0.573 e. The highest BCUT2D eigenvalue weighted by molar-refractivity contribution is 5.92. The van der Waals surface area contributed by atoms with Crippen LogP contribution >= 0.6 is 0 Å². The zero-order valence-electron chi connectivity index (χ0n) is 14.9. The van der Waals surface area contributed by atoms with Crippen molar-refractivity contribution in [2.24, 2.45) is 10.7 Å². The number of oxazole rings is 1. The standard InChI is InChI=1S/C19H16F4N4O2/c20-13-3-1-12(2-4-13)17-26-15(11-28-17)9-10-25-18(24)27-14-5-7-16(8-6-14)29-19(21,22)23/h1-8,11H,9-10H2,(H3,24,25,27). The summed E-state index contributed by atoms with van der Waals surface area (Å²) in [5.41, 5.74) is 7.53. The van der Waals surface area contributed by atoms with Crippen molar-refractivity contribution in [3.05, 3.63) is 66.3 Å². The van der Waals surface area contributed by atoms with E-state index in [1.807, 2.05) is 0 Å². The fourth-order valence-corrected chi connectivity index (χ4v) is 2.37. The third kappa shape index (κ3) is 6.23. The van der Waals surface area contributed by atoms with E-state index >= 15 is 0 Å². The van der Waals surface area contributed by atoms with Gasteiger partial charge in [-0.2, -0.15) is 0 Å². The van der Waals surface area contributed by atoms with Gasteiger partial charge in [0.1, 0.15) is 17.8 Å². The SMILES string of the molecule is NC(=NCCc1coc(-c2ccc(F)cc2)n1)Nc1ccc(OC(F)(F)F)cc1. The Balaban J connectivity index is 1.51. The fraction of sp³-hybridized carbons (Fsp3) is 0.158. The van der Waals surface area contributed by atoms with Crippen LogP contribution in [0.5, 0.6) is 5.75 Å². The van der Waals surface area contributed by atoms with Crippen LogP contribution in [0.4, 0.5) is 23.2 Å². The Morgan fingerprint density at radius 3 is 2.45 bits per heavy atom. The summed E-state index contributed by atoms with van der Waals surface area (Å²) >= 11 is 0. The first kappa shape index (κ1) is 20.2. The molecular weight excluding hydrogens is 392 g/mol. The third-order valence-corrected chi connectivity index (χ3v) is 3.65. The smallest absolute Gasteiger partial charge is 0.444 e. The molecule has 3 aromatic rings. The number of nitrogens with two attached hydrogens (primary N) is 1. The number of alkyl halides is 3. The van der Waals surface area contributed by atoms with E-state index in [1.54, 1.807) is 12.1 Å². The van der Waals surface area contributed by atoms with Crippen molar-refractivity contribution in [3.63, 3.8) is 0 Å². The summed E-state index contributed by atoms with van der Waals surface area (Å²) in [6.07, 6.45) is -2.81. The van der Waals surface area contributed by atoms with Gasteiger partial charge in [-0.15, -0.1) is 13.2 Å². The van der Waals surface area contributed by atoms with Crippen molar-refractivity contribution in [3.8, 4) is 17.2 Å². The molecule has 0 fully saturated rings. The lowest BCUT2D eigenvalue weighted by molar-refractivity contribution is -0.274. The first-order chi connectivity index (χ1) is 13.8. The van der Waals surface area contributed by atoms with Crippen LogP contribution in [0.15, 0.2) is 64.2 Å². The minimum atomic E-state index is -4.74. The molecule has 0 bridgehead atoms. The molecule has 0 amide bonds. The lowest BCUT2D eigenvalue weighted by atomic mass is 10.2. The van der Waals surface area contributed by atoms with Crippen molar-refractivity contribution in [2.45, 2.75) is 12.8 Å².